The van der Waals surface area contributed by atoms with Crippen LogP contribution >= 0.6 is 0 Å². The van der Waals surface area contributed by atoms with E-state index in [1.165, 1.54) is 0 Å². The fourth-order valence-electron chi connectivity index (χ4n) is 3.19. The summed E-state index contributed by atoms with van der Waals surface area (Å²) in [6, 6.07) is 15.8. The third kappa shape index (κ3) is 5.87. The molecule has 2 N–H and O–H groups in total. The minimum atomic E-state index is -1.50. The van der Waals surface area contributed by atoms with Gasteiger partial charge in [0.05, 0.1) is 25.2 Å². The van der Waals surface area contributed by atoms with E-state index in [2.05, 4.69) is 10.3 Å². The number of carbonyl (C=O) groups excluding carboxylic acids is 3. The van der Waals surface area contributed by atoms with Crippen molar-refractivity contribution in [3.05, 3.63) is 65.9 Å². The Morgan fingerprint density at radius 2 is 1.62 bits per heavy atom. The van der Waals surface area contributed by atoms with Crippen LogP contribution in [0.5, 0.6) is 5.75 Å². The van der Waals surface area contributed by atoms with Crippen LogP contribution in [0.2, 0.25) is 0 Å². The molecule has 2 aromatic carbocycles. The van der Waals surface area contributed by atoms with Crippen LogP contribution < -0.4 is 10.1 Å². The number of ether oxygens (including phenoxy) is 3. The molecule has 32 heavy (non-hydrogen) atoms. The lowest BCUT2D eigenvalue weighted by molar-refractivity contribution is -0.159. The number of aromatic nitrogens is 1. The number of nitrogens with one attached hydrogen (secondary N) is 2. The molecule has 0 saturated heterocycles. The summed E-state index contributed by atoms with van der Waals surface area (Å²) < 4.78 is 15.7. The summed E-state index contributed by atoms with van der Waals surface area (Å²) in [5.41, 5.74) is 2.41. The first kappa shape index (κ1) is 22.9. The third-order valence-corrected chi connectivity index (χ3v) is 4.61. The number of H-pyrrole nitrogens is 1. The Bertz CT molecular complexity index is 1060. The minimum absolute atomic E-state index is 0.0673. The lowest BCUT2D eigenvalue weighted by Crippen LogP contribution is -2.48. The zero-order chi connectivity index (χ0) is 22.9. The van der Waals surface area contributed by atoms with E-state index in [1.54, 1.807) is 13.8 Å². The number of fused-ring (bicyclic) bond motifs is 1. The summed E-state index contributed by atoms with van der Waals surface area (Å²) in [6.07, 6.45) is -0.0673. The summed E-state index contributed by atoms with van der Waals surface area (Å²) in [4.78, 5) is 39.8. The van der Waals surface area contributed by atoms with E-state index in [0.717, 1.165) is 16.5 Å². The first-order chi connectivity index (χ1) is 15.5. The molecule has 0 atom stereocenters. The summed E-state index contributed by atoms with van der Waals surface area (Å²) >= 11 is 0. The van der Waals surface area contributed by atoms with Crippen molar-refractivity contribution in [1.82, 2.24) is 10.3 Å². The van der Waals surface area contributed by atoms with Gasteiger partial charge in [-0.15, -0.1) is 0 Å². The molecule has 0 fully saturated rings. The SMILES string of the molecule is CCOC(=O)C(NC(=O)Cc1cc2cccc(OCc3ccccc3)c2[nH]1)C(=O)OCC. The monoisotopic (exact) mass is 438 g/mol. The highest BCUT2D eigenvalue weighted by Gasteiger charge is 2.31. The van der Waals surface area contributed by atoms with E-state index >= 15 is 0 Å². The molecule has 0 aliphatic heterocycles. The molecule has 1 heterocycles. The Balaban J connectivity index is 1.70. The molecule has 8 heteroatoms. The number of carbonyl (C=O) groups is 3. The third-order valence-electron chi connectivity index (χ3n) is 4.61. The van der Waals surface area contributed by atoms with Crippen LogP contribution in [0.25, 0.3) is 10.9 Å². The van der Waals surface area contributed by atoms with Crippen LogP contribution in [0, 0.1) is 0 Å². The maximum atomic E-state index is 12.5. The van der Waals surface area contributed by atoms with Gasteiger partial charge in [-0.3, -0.25) is 4.79 Å². The highest BCUT2D eigenvalue weighted by molar-refractivity contribution is 6.02. The van der Waals surface area contributed by atoms with Crippen LogP contribution in [0.4, 0.5) is 0 Å². The van der Waals surface area contributed by atoms with Crippen molar-refractivity contribution in [3.63, 3.8) is 0 Å². The van der Waals surface area contributed by atoms with Gasteiger partial charge >= 0.3 is 11.9 Å². The van der Waals surface area contributed by atoms with Crippen molar-refractivity contribution < 1.29 is 28.6 Å². The van der Waals surface area contributed by atoms with Gasteiger partial charge in [-0.25, -0.2) is 9.59 Å². The molecule has 1 amide bonds. The lowest BCUT2D eigenvalue weighted by Gasteiger charge is -2.15. The molecule has 3 rings (SSSR count). The fourth-order valence-corrected chi connectivity index (χ4v) is 3.19. The molecule has 0 aliphatic carbocycles. The standard InChI is InChI=1S/C24H26N2O6/c1-3-30-23(28)22(24(29)31-4-2)26-20(27)14-18-13-17-11-8-12-19(21(17)25-18)32-15-16-9-6-5-7-10-16/h5-13,22,25H,3-4,14-15H2,1-2H3,(H,26,27). The quantitative estimate of drug-likeness (QED) is 0.372. The van der Waals surface area contributed by atoms with Crippen molar-refractivity contribution >= 4 is 28.7 Å². The summed E-state index contributed by atoms with van der Waals surface area (Å²) in [5, 5.41) is 3.28. The van der Waals surface area contributed by atoms with Gasteiger partial charge < -0.3 is 24.5 Å². The molecule has 8 nitrogen and oxygen atoms in total. The van der Waals surface area contributed by atoms with Gasteiger partial charge in [0.15, 0.2) is 0 Å². The molecule has 0 aliphatic rings. The molecule has 0 spiro atoms. The topological polar surface area (TPSA) is 107 Å². The average Bonchev–Trinajstić information content (AvgIpc) is 3.20. The number of hydrogen-bond donors (Lipinski definition) is 2. The molecule has 0 unspecified atom stereocenters. The number of benzene rings is 2. The molecule has 3 aromatic rings. The predicted octanol–water partition coefficient (Wildman–Crippen LogP) is 2.90. The zero-order valence-corrected chi connectivity index (χ0v) is 18.1. The summed E-state index contributed by atoms with van der Waals surface area (Å²) in [5.74, 6) is -1.57. The Morgan fingerprint density at radius 3 is 2.28 bits per heavy atom. The highest BCUT2D eigenvalue weighted by Crippen LogP contribution is 2.26. The van der Waals surface area contributed by atoms with Crippen LogP contribution in [-0.2, 0) is 36.9 Å². The van der Waals surface area contributed by atoms with Crippen molar-refractivity contribution in [2.24, 2.45) is 0 Å². The van der Waals surface area contributed by atoms with E-state index < -0.39 is 23.9 Å². The number of amides is 1. The average molecular weight is 438 g/mol. The summed E-state index contributed by atoms with van der Waals surface area (Å²) in [6.45, 7) is 3.81. The van der Waals surface area contributed by atoms with Crippen LogP contribution in [0.15, 0.2) is 54.6 Å². The zero-order valence-electron chi connectivity index (χ0n) is 18.1. The highest BCUT2D eigenvalue weighted by atomic mass is 16.6. The lowest BCUT2D eigenvalue weighted by atomic mass is 10.2. The predicted molar refractivity (Wildman–Crippen MR) is 118 cm³/mol. The second-order valence-corrected chi connectivity index (χ2v) is 6.97. The summed E-state index contributed by atoms with van der Waals surface area (Å²) in [7, 11) is 0. The van der Waals surface area contributed by atoms with Crippen LogP contribution in [0.1, 0.15) is 25.1 Å². The van der Waals surface area contributed by atoms with Gasteiger partial charge in [0.2, 0.25) is 11.9 Å². The maximum Gasteiger partial charge on any atom is 0.340 e. The largest absolute Gasteiger partial charge is 0.487 e. The number of hydrogen-bond acceptors (Lipinski definition) is 6. The van der Waals surface area contributed by atoms with Gasteiger partial charge in [-0.05, 0) is 31.5 Å². The first-order valence-electron chi connectivity index (χ1n) is 10.4. The number of rotatable bonds is 10. The fraction of sp³-hybridized carbons (Fsp3) is 0.292. The van der Waals surface area contributed by atoms with E-state index in [1.807, 2.05) is 54.6 Å². The van der Waals surface area contributed by atoms with E-state index in [4.69, 9.17) is 14.2 Å². The van der Waals surface area contributed by atoms with Gasteiger partial charge in [-0.2, -0.15) is 0 Å². The molecule has 0 bridgehead atoms. The molecule has 168 valence electrons. The van der Waals surface area contributed by atoms with Crippen LogP contribution in [0.3, 0.4) is 0 Å². The van der Waals surface area contributed by atoms with E-state index in [9.17, 15) is 14.4 Å². The minimum Gasteiger partial charge on any atom is -0.487 e. The molecule has 1 aromatic heterocycles. The van der Waals surface area contributed by atoms with Crippen molar-refractivity contribution in [2.75, 3.05) is 13.2 Å². The molecular weight excluding hydrogens is 412 g/mol. The second kappa shape index (κ2) is 11.0. The van der Waals surface area contributed by atoms with E-state index in [0.29, 0.717) is 18.1 Å². The number of para-hydroxylation sites is 1. The molecular formula is C24H26N2O6. The number of esters is 2. The maximum absolute atomic E-state index is 12.5. The number of aromatic amines is 1. The van der Waals surface area contributed by atoms with Gasteiger partial charge in [0.1, 0.15) is 12.4 Å². The first-order valence-corrected chi connectivity index (χ1v) is 10.4. The van der Waals surface area contributed by atoms with E-state index in [-0.39, 0.29) is 19.6 Å². The Labute approximate surface area is 185 Å². The van der Waals surface area contributed by atoms with Crippen LogP contribution in [-0.4, -0.2) is 42.1 Å². The van der Waals surface area contributed by atoms with Crippen molar-refractivity contribution in [3.8, 4) is 5.75 Å². The van der Waals surface area contributed by atoms with Gasteiger partial charge in [-0.1, -0.05) is 42.5 Å². The van der Waals surface area contributed by atoms with Gasteiger partial charge in [0.25, 0.3) is 0 Å². The Kier molecular flexibility index (Phi) is 7.85. The molecule has 0 radical (unpaired) electrons. The van der Waals surface area contributed by atoms with Gasteiger partial charge in [0, 0.05) is 11.1 Å². The van der Waals surface area contributed by atoms with Crippen molar-refractivity contribution in [2.45, 2.75) is 32.9 Å². The van der Waals surface area contributed by atoms with Crippen molar-refractivity contribution in [1.29, 1.82) is 0 Å². The Hall–Kier alpha value is -3.81. The Morgan fingerprint density at radius 1 is 0.938 bits per heavy atom. The smallest absolute Gasteiger partial charge is 0.340 e. The second-order valence-electron chi connectivity index (χ2n) is 6.97. The molecule has 0 saturated carbocycles. The normalized spacial score (nSPS) is 10.7.